The van der Waals surface area contributed by atoms with Crippen LogP contribution in [0.25, 0.3) is 0 Å². The van der Waals surface area contributed by atoms with Crippen molar-refractivity contribution in [2.45, 2.75) is 38.7 Å². The van der Waals surface area contributed by atoms with E-state index in [4.69, 9.17) is 9.47 Å². The molecule has 1 heterocycles. The summed E-state index contributed by atoms with van der Waals surface area (Å²) in [6, 6.07) is 0. The van der Waals surface area contributed by atoms with Gasteiger partial charge in [0.15, 0.2) is 5.96 Å². The van der Waals surface area contributed by atoms with Crippen molar-refractivity contribution in [1.82, 2.24) is 16.0 Å². The maximum atomic E-state index is 11.5. The van der Waals surface area contributed by atoms with Crippen molar-refractivity contribution in [3.05, 3.63) is 0 Å². The van der Waals surface area contributed by atoms with Gasteiger partial charge in [0.05, 0.1) is 12.7 Å². The summed E-state index contributed by atoms with van der Waals surface area (Å²) < 4.78 is 10.9. The second kappa shape index (κ2) is 14.9. The van der Waals surface area contributed by atoms with E-state index in [1.165, 1.54) is 0 Å². The number of hydrogen-bond acceptors (Lipinski definition) is 4. The molecule has 0 aromatic rings. The molecule has 1 fully saturated rings. The van der Waals surface area contributed by atoms with Crippen LogP contribution in [0.2, 0.25) is 0 Å². The number of amides is 1. The van der Waals surface area contributed by atoms with Gasteiger partial charge in [-0.15, -0.1) is 24.0 Å². The maximum absolute atomic E-state index is 11.5. The van der Waals surface area contributed by atoms with E-state index in [2.05, 4.69) is 20.9 Å². The zero-order chi connectivity index (χ0) is 16.0. The highest BCUT2D eigenvalue weighted by atomic mass is 127. The Hall–Kier alpha value is -0.610. The normalized spacial score (nSPS) is 17.5. The van der Waals surface area contributed by atoms with Crippen molar-refractivity contribution in [2.24, 2.45) is 4.99 Å². The molecule has 0 spiro atoms. The van der Waals surface area contributed by atoms with Gasteiger partial charge in [-0.05, 0) is 19.3 Å². The molecule has 1 atom stereocenters. The molecule has 3 N–H and O–H groups in total. The highest BCUT2D eigenvalue weighted by Crippen LogP contribution is 2.07. The predicted molar refractivity (Wildman–Crippen MR) is 102 cm³/mol. The van der Waals surface area contributed by atoms with E-state index in [0.29, 0.717) is 18.9 Å². The topological polar surface area (TPSA) is 84.0 Å². The zero-order valence-electron chi connectivity index (χ0n) is 14.2. The third kappa shape index (κ3) is 11.5. The number of carbonyl (C=O) groups is 1. The Labute approximate surface area is 156 Å². The molecule has 7 nitrogen and oxygen atoms in total. The van der Waals surface area contributed by atoms with Crippen LogP contribution in [0.4, 0.5) is 0 Å². The van der Waals surface area contributed by atoms with Gasteiger partial charge < -0.3 is 25.4 Å². The summed E-state index contributed by atoms with van der Waals surface area (Å²) in [7, 11) is 1.72. The minimum Gasteiger partial charge on any atom is -0.379 e. The fourth-order valence-corrected chi connectivity index (χ4v) is 2.04. The van der Waals surface area contributed by atoms with Crippen LogP contribution in [-0.2, 0) is 14.3 Å². The number of ether oxygens (including phenoxy) is 2. The molecule has 0 aromatic heterocycles. The second-order valence-corrected chi connectivity index (χ2v) is 5.24. The fraction of sp³-hybridized carbons (Fsp3) is 0.867. The molecule has 0 radical (unpaired) electrons. The molecule has 1 amide bonds. The zero-order valence-corrected chi connectivity index (χ0v) is 16.6. The first-order valence-corrected chi connectivity index (χ1v) is 8.16. The monoisotopic (exact) mass is 442 g/mol. The van der Waals surface area contributed by atoms with Gasteiger partial charge in [-0.3, -0.25) is 9.79 Å². The van der Waals surface area contributed by atoms with E-state index in [-0.39, 0.29) is 36.0 Å². The lowest BCUT2D eigenvalue weighted by Crippen LogP contribution is -2.40. The number of nitrogens with one attached hydrogen (secondary N) is 3. The van der Waals surface area contributed by atoms with Crippen molar-refractivity contribution in [3.8, 4) is 0 Å². The van der Waals surface area contributed by atoms with Crippen LogP contribution < -0.4 is 16.0 Å². The second-order valence-electron chi connectivity index (χ2n) is 5.24. The quantitative estimate of drug-likeness (QED) is 0.203. The maximum Gasteiger partial charge on any atom is 0.221 e. The smallest absolute Gasteiger partial charge is 0.221 e. The Kier molecular flexibility index (Phi) is 14.6. The molecule has 1 aliphatic heterocycles. The summed E-state index contributed by atoms with van der Waals surface area (Å²) in [5.41, 5.74) is 0. The van der Waals surface area contributed by atoms with Gasteiger partial charge in [-0.25, -0.2) is 0 Å². The number of nitrogens with zero attached hydrogens (tertiary/aromatic N) is 1. The van der Waals surface area contributed by atoms with Crippen molar-refractivity contribution in [3.63, 3.8) is 0 Å². The van der Waals surface area contributed by atoms with Crippen molar-refractivity contribution in [1.29, 1.82) is 0 Å². The molecule has 0 aliphatic carbocycles. The minimum atomic E-state index is 0. The van der Waals surface area contributed by atoms with Crippen LogP contribution in [0.15, 0.2) is 4.99 Å². The molecule has 1 aliphatic rings. The summed E-state index contributed by atoms with van der Waals surface area (Å²) in [6.07, 6.45) is 3.58. The van der Waals surface area contributed by atoms with Gasteiger partial charge in [-0.1, -0.05) is 6.92 Å². The Morgan fingerprint density at radius 3 is 2.70 bits per heavy atom. The van der Waals surface area contributed by atoms with E-state index in [1.54, 1.807) is 7.05 Å². The Bertz CT molecular complexity index is 337. The number of guanidine groups is 1. The highest BCUT2D eigenvalue weighted by molar-refractivity contribution is 14.0. The third-order valence-corrected chi connectivity index (χ3v) is 3.30. The van der Waals surface area contributed by atoms with Crippen molar-refractivity contribution < 1.29 is 14.3 Å². The average Bonchev–Trinajstić information content (AvgIpc) is 3.04. The molecular weight excluding hydrogens is 411 g/mol. The van der Waals surface area contributed by atoms with E-state index in [9.17, 15) is 4.79 Å². The number of carbonyl (C=O) groups excluding carboxylic acids is 1. The fourth-order valence-electron chi connectivity index (χ4n) is 2.04. The molecular formula is C15H31IN4O3. The van der Waals surface area contributed by atoms with Crippen LogP contribution >= 0.6 is 24.0 Å². The van der Waals surface area contributed by atoms with Gasteiger partial charge in [0.1, 0.15) is 0 Å². The lowest BCUT2D eigenvalue weighted by Gasteiger charge is -2.13. The van der Waals surface area contributed by atoms with Gasteiger partial charge >= 0.3 is 0 Å². The van der Waals surface area contributed by atoms with E-state index in [0.717, 1.165) is 52.2 Å². The molecule has 0 bridgehead atoms. The van der Waals surface area contributed by atoms with Crippen LogP contribution in [0.3, 0.4) is 0 Å². The Morgan fingerprint density at radius 1 is 1.26 bits per heavy atom. The summed E-state index contributed by atoms with van der Waals surface area (Å²) in [5, 5.41) is 9.18. The van der Waals surface area contributed by atoms with Crippen LogP contribution in [-0.4, -0.2) is 64.5 Å². The van der Waals surface area contributed by atoms with E-state index in [1.807, 2.05) is 6.92 Å². The third-order valence-electron chi connectivity index (χ3n) is 3.30. The summed E-state index contributed by atoms with van der Waals surface area (Å²) in [5.74, 6) is 0.782. The minimum absolute atomic E-state index is 0. The first-order valence-electron chi connectivity index (χ1n) is 8.16. The van der Waals surface area contributed by atoms with Gasteiger partial charge in [-0.2, -0.15) is 0 Å². The molecule has 8 heteroatoms. The van der Waals surface area contributed by atoms with Crippen LogP contribution in [0.1, 0.15) is 32.6 Å². The molecule has 0 aromatic carbocycles. The predicted octanol–water partition coefficient (Wildman–Crippen LogP) is 0.881. The van der Waals surface area contributed by atoms with Gasteiger partial charge in [0.2, 0.25) is 5.91 Å². The lowest BCUT2D eigenvalue weighted by molar-refractivity contribution is -0.120. The van der Waals surface area contributed by atoms with Crippen molar-refractivity contribution >= 4 is 35.8 Å². The first-order chi connectivity index (χ1) is 10.8. The summed E-state index contributed by atoms with van der Waals surface area (Å²) >= 11 is 0. The first kappa shape index (κ1) is 22.4. The van der Waals surface area contributed by atoms with E-state index < -0.39 is 0 Å². The molecule has 23 heavy (non-hydrogen) atoms. The molecule has 136 valence electrons. The molecule has 1 saturated heterocycles. The molecule has 0 saturated carbocycles. The SMILES string of the molecule is CCCNC(=O)CCNC(=NC)NCCCOC1CCOC1.I. The number of hydrogen-bond donors (Lipinski definition) is 3. The van der Waals surface area contributed by atoms with E-state index >= 15 is 0 Å². The Morgan fingerprint density at radius 2 is 2.04 bits per heavy atom. The highest BCUT2D eigenvalue weighted by Gasteiger charge is 2.15. The van der Waals surface area contributed by atoms with Gasteiger partial charge in [0.25, 0.3) is 0 Å². The summed E-state index contributed by atoms with van der Waals surface area (Å²) in [6.45, 7) is 6.38. The lowest BCUT2D eigenvalue weighted by atomic mass is 10.3. The summed E-state index contributed by atoms with van der Waals surface area (Å²) in [4.78, 5) is 15.6. The molecule has 1 unspecified atom stereocenters. The number of halogens is 1. The molecule has 1 rings (SSSR count). The Balaban J connectivity index is 0.00000484. The van der Waals surface area contributed by atoms with Crippen LogP contribution in [0, 0.1) is 0 Å². The number of aliphatic imine (C=N–C) groups is 1. The largest absolute Gasteiger partial charge is 0.379 e. The standard InChI is InChI=1S/C15H30N4O3.HI/c1-3-7-17-14(20)5-9-19-15(16-2)18-8-4-10-22-13-6-11-21-12-13;/h13H,3-12H2,1-2H3,(H,17,20)(H2,16,18,19);1H. The van der Waals surface area contributed by atoms with Crippen molar-refractivity contribution in [2.75, 3.05) is 46.5 Å². The average molecular weight is 442 g/mol. The van der Waals surface area contributed by atoms with Gasteiger partial charge in [0, 0.05) is 46.3 Å². The number of rotatable bonds is 10. The van der Waals surface area contributed by atoms with Crippen LogP contribution in [0.5, 0.6) is 0 Å².